The van der Waals surface area contributed by atoms with Gasteiger partial charge in [0.05, 0.1) is 0 Å². The summed E-state index contributed by atoms with van der Waals surface area (Å²) in [5, 5.41) is 0. The Balaban J connectivity index is 2.34. The maximum absolute atomic E-state index is 13.3. The second-order valence-corrected chi connectivity index (χ2v) is 3.90. The quantitative estimate of drug-likeness (QED) is 0.757. The van der Waals surface area contributed by atoms with Gasteiger partial charge in [-0.3, -0.25) is 0 Å². The molecule has 0 aliphatic carbocycles. The van der Waals surface area contributed by atoms with Crippen LogP contribution in [0, 0.1) is 31.4 Å². The van der Waals surface area contributed by atoms with E-state index in [1.165, 1.54) is 0 Å². The monoisotopic (exact) mass is 253 g/mol. The molecule has 0 spiro atoms. The van der Waals surface area contributed by atoms with Crippen molar-refractivity contribution >= 4 is 0 Å². The molecule has 0 radical (unpaired) electrons. The van der Waals surface area contributed by atoms with Crippen LogP contribution >= 0.6 is 0 Å². The van der Waals surface area contributed by atoms with Gasteiger partial charge < -0.3 is 4.74 Å². The molecule has 0 aliphatic heterocycles. The van der Waals surface area contributed by atoms with Gasteiger partial charge in [0.1, 0.15) is 5.75 Å². The number of hydrogen-bond donors (Lipinski definition) is 0. The summed E-state index contributed by atoms with van der Waals surface area (Å²) in [4.78, 5) is 3.08. The van der Waals surface area contributed by atoms with Crippen LogP contribution < -0.4 is 4.74 Å². The van der Waals surface area contributed by atoms with E-state index in [1.54, 1.807) is 18.2 Å². The van der Waals surface area contributed by atoms with Crippen LogP contribution in [-0.2, 0) is 0 Å². The molecular formula is C13H10F3NO. The standard InChI is InChI=1S/C13H10F3NO/c1-7-3-4-9(5-8(7)2)18-13-11(15)6-10(14)12(16)17-13/h3-6H,1-2H3. The van der Waals surface area contributed by atoms with Crippen molar-refractivity contribution in [3.63, 3.8) is 0 Å². The van der Waals surface area contributed by atoms with Gasteiger partial charge in [0.15, 0.2) is 11.6 Å². The first-order valence-electron chi connectivity index (χ1n) is 5.24. The molecule has 2 aromatic rings. The maximum Gasteiger partial charge on any atom is 0.258 e. The minimum atomic E-state index is -1.39. The molecule has 1 aromatic carbocycles. The minimum absolute atomic E-state index is 0.315. The largest absolute Gasteiger partial charge is 0.436 e. The molecule has 0 saturated heterocycles. The van der Waals surface area contributed by atoms with E-state index in [9.17, 15) is 13.2 Å². The van der Waals surface area contributed by atoms with Gasteiger partial charge in [-0.25, -0.2) is 8.78 Å². The first kappa shape index (κ1) is 12.4. The van der Waals surface area contributed by atoms with Gasteiger partial charge >= 0.3 is 0 Å². The van der Waals surface area contributed by atoms with E-state index in [4.69, 9.17) is 4.74 Å². The summed E-state index contributed by atoms with van der Waals surface area (Å²) < 4.78 is 43.9. The lowest BCUT2D eigenvalue weighted by Gasteiger charge is -2.08. The Labute approximate surface area is 102 Å². The lowest BCUT2D eigenvalue weighted by Crippen LogP contribution is -1.98. The third-order valence-electron chi connectivity index (χ3n) is 2.55. The zero-order valence-electron chi connectivity index (χ0n) is 9.80. The van der Waals surface area contributed by atoms with Crippen LogP contribution in [0.25, 0.3) is 0 Å². The van der Waals surface area contributed by atoms with Crippen molar-refractivity contribution in [2.24, 2.45) is 0 Å². The Morgan fingerprint density at radius 1 is 0.944 bits per heavy atom. The van der Waals surface area contributed by atoms with Crippen molar-refractivity contribution < 1.29 is 17.9 Å². The van der Waals surface area contributed by atoms with Crippen LogP contribution in [0.15, 0.2) is 24.3 Å². The van der Waals surface area contributed by atoms with E-state index < -0.39 is 23.5 Å². The van der Waals surface area contributed by atoms with Gasteiger partial charge in [0, 0.05) is 6.07 Å². The fraction of sp³-hybridized carbons (Fsp3) is 0.154. The van der Waals surface area contributed by atoms with Gasteiger partial charge in [-0.2, -0.15) is 9.37 Å². The highest BCUT2D eigenvalue weighted by molar-refractivity contribution is 5.36. The molecule has 94 valence electrons. The second-order valence-electron chi connectivity index (χ2n) is 3.90. The van der Waals surface area contributed by atoms with E-state index in [-0.39, 0.29) is 0 Å². The van der Waals surface area contributed by atoms with E-state index in [1.807, 2.05) is 13.8 Å². The molecule has 0 aliphatic rings. The van der Waals surface area contributed by atoms with Crippen LogP contribution in [0.4, 0.5) is 13.2 Å². The summed E-state index contributed by atoms with van der Waals surface area (Å²) >= 11 is 0. The zero-order valence-corrected chi connectivity index (χ0v) is 9.80. The molecule has 0 fully saturated rings. The summed E-state index contributed by atoms with van der Waals surface area (Å²) in [5.74, 6) is -4.06. The number of rotatable bonds is 2. The number of aromatic nitrogens is 1. The van der Waals surface area contributed by atoms with Gasteiger partial charge in [-0.15, -0.1) is 0 Å². The molecule has 2 nitrogen and oxygen atoms in total. The van der Waals surface area contributed by atoms with Crippen LogP contribution in [0.1, 0.15) is 11.1 Å². The third-order valence-corrected chi connectivity index (χ3v) is 2.55. The van der Waals surface area contributed by atoms with E-state index >= 15 is 0 Å². The fourth-order valence-electron chi connectivity index (χ4n) is 1.39. The normalized spacial score (nSPS) is 10.5. The third kappa shape index (κ3) is 2.45. The van der Waals surface area contributed by atoms with Crippen molar-refractivity contribution in [1.29, 1.82) is 0 Å². The van der Waals surface area contributed by atoms with Gasteiger partial charge in [0.25, 0.3) is 11.8 Å². The lowest BCUT2D eigenvalue weighted by molar-refractivity contribution is 0.387. The molecule has 0 bridgehead atoms. The molecule has 0 unspecified atom stereocenters. The number of nitrogens with zero attached hydrogens (tertiary/aromatic N) is 1. The van der Waals surface area contributed by atoms with Gasteiger partial charge in [-0.05, 0) is 37.1 Å². The summed E-state index contributed by atoms with van der Waals surface area (Å²) in [7, 11) is 0. The number of pyridine rings is 1. The molecule has 1 heterocycles. The van der Waals surface area contributed by atoms with Crippen molar-refractivity contribution in [2.45, 2.75) is 13.8 Å². The topological polar surface area (TPSA) is 22.1 Å². The Morgan fingerprint density at radius 2 is 1.67 bits per heavy atom. The molecule has 0 saturated carbocycles. The molecular weight excluding hydrogens is 243 g/mol. The maximum atomic E-state index is 13.3. The van der Waals surface area contributed by atoms with Crippen LogP contribution in [0.3, 0.4) is 0 Å². The highest BCUT2D eigenvalue weighted by Crippen LogP contribution is 2.25. The molecule has 1 aromatic heterocycles. The van der Waals surface area contributed by atoms with Crippen molar-refractivity contribution in [2.75, 3.05) is 0 Å². The second kappa shape index (κ2) is 4.68. The van der Waals surface area contributed by atoms with Crippen LogP contribution in [-0.4, -0.2) is 4.98 Å². The molecule has 18 heavy (non-hydrogen) atoms. The van der Waals surface area contributed by atoms with Crippen LogP contribution in [0.5, 0.6) is 11.6 Å². The molecule has 0 N–H and O–H groups in total. The van der Waals surface area contributed by atoms with Gasteiger partial charge in [-0.1, -0.05) is 6.07 Å². The van der Waals surface area contributed by atoms with Crippen molar-refractivity contribution in [3.05, 3.63) is 53.0 Å². The minimum Gasteiger partial charge on any atom is -0.436 e. The number of halogens is 3. The average Bonchev–Trinajstić information content (AvgIpc) is 2.31. The summed E-state index contributed by atoms with van der Waals surface area (Å²) in [5.41, 5.74) is 1.98. The van der Waals surface area contributed by atoms with Crippen molar-refractivity contribution in [1.82, 2.24) is 4.98 Å². The van der Waals surface area contributed by atoms with E-state index in [0.717, 1.165) is 11.1 Å². The lowest BCUT2D eigenvalue weighted by atomic mass is 10.1. The molecule has 2 rings (SSSR count). The number of hydrogen-bond acceptors (Lipinski definition) is 2. The van der Waals surface area contributed by atoms with Gasteiger partial charge in [0.2, 0.25) is 0 Å². The number of ether oxygens (including phenoxy) is 1. The zero-order chi connectivity index (χ0) is 13.3. The van der Waals surface area contributed by atoms with E-state index in [0.29, 0.717) is 11.8 Å². The average molecular weight is 253 g/mol. The Bertz CT molecular complexity index is 599. The Morgan fingerprint density at radius 3 is 2.33 bits per heavy atom. The van der Waals surface area contributed by atoms with Crippen LogP contribution in [0.2, 0.25) is 0 Å². The van der Waals surface area contributed by atoms with Crippen molar-refractivity contribution in [3.8, 4) is 11.6 Å². The SMILES string of the molecule is Cc1ccc(Oc2nc(F)c(F)cc2F)cc1C. The summed E-state index contributed by atoms with van der Waals surface area (Å²) in [6.45, 7) is 3.77. The predicted octanol–water partition coefficient (Wildman–Crippen LogP) is 3.91. The Hall–Kier alpha value is -2.04. The van der Waals surface area contributed by atoms with E-state index in [2.05, 4.69) is 4.98 Å². The Kier molecular flexibility index (Phi) is 3.23. The molecule has 0 atom stereocenters. The fourth-order valence-corrected chi connectivity index (χ4v) is 1.39. The smallest absolute Gasteiger partial charge is 0.258 e. The number of benzene rings is 1. The number of aryl methyl sites for hydroxylation is 2. The highest BCUT2D eigenvalue weighted by Gasteiger charge is 2.13. The predicted molar refractivity (Wildman–Crippen MR) is 60.1 cm³/mol. The summed E-state index contributed by atoms with van der Waals surface area (Å²) in [6.07, 6.45) is 0. The first-order valence-corrected chi connectivity index (χ1v) is 5.24. The molecule has 5 heteroatoms. The highest BCUT2D eigenvalue weighted by atomic mass is 19.2. The first-order chi connectivity index (χ1) is 8.47. The molecule has 0 amide bonds. The summed E-state index contributed by atoms with van der Waals surface area (Å²) in [6, 6.07) is 5.45.